The summed E-state index contributed by atoms with van der Waals surface area (Å²) in [6.45, 7) is 2.92. The Morgan fingerprint density at radius 2 is 1.95 bits per heavy atom. The number of oxazole rings is 1. The Morgan fingerprint density at radius 1 is 1.37 bits per heavy atom. The van der Waals surface area contributed by atoms with Gasteiger partial charge in [0.1, 0.15) is 10.4 Å². The molecule has 0 spiro atoms. The monoisotopic (exact) mass is 291 g/mol. The molecule has 1 aromatic heterocycles. The molecule has 0 amide bonds. The van der Waals surface area contributed by atoms with E-state index in [0.29, 0.717) is 0 Å². The fourth-order valence-corrected chi connectivity index (χ4v) is 1.66. The number of esters is 1. The van der Waals surface area contributed by atoms with Crippen molar-refractivity contribution in [1.29, 1.82) is 0 Å². The number of hydrogen-bond acceptors (Lipinski definition) is 7. The summed E-state index contributed by atoms with van der Waals surface area (Å²) in [6, 6.07) is 0. The highest BCUT2D eigenvalue weighted by Gasteiger charge is 2.39. The van der Waals surface area contributed by atoms with Crippen molar-refractivity contribution in [1.82, 2.24) is 4.98 Å². The summed E-state index contributed by atoms with van der Waals surface area (Å²) in [5.74, 6) is -0.936. The molecule has 0 radical (unpaired) electrons. The molecule has 0 saturated heterocycles. The fourth-order valence-electron chi connectivity index (χ4n) is 1.25. The van der Waals surface area contributed by atoms with E-state index in [1.54, 1.807) is 0 Å². The zero-order chi connectivity index (χ0) is 14.8. The zero-order valence-electron chi connectivity index (χ0n) is 11.5. The van der Waals surface area contributed by atoms with Gasteiger partial charge in [-0.05, 0) is 13.8 Å². The van der Waals surface area contributed by atoms with E-state index in [1.807, 2.05) is 0 Å². The van der Waals surface area contributed by atoms with Crippen molar-refractivity contribution in [3.8, 4) is 0 Å². The number of carbonyl (C=O) groups is 1. The van der Waals surface area contributed by atoms with Crippen LogP contribution in [0.3, 0.4) is 0 Å². The number of nitrogens with zero attached hydrogens (tertiary/aromatic N) is 1. The van der Waals surface area contributed by atoms with E-state index in [-0.39, 0.29) is 24.0 Å². The number of aromatic nitrogens is 1. The van der Waals surface area contributed by atoms with Gasteiger partial charge >= 0.3 is 5.97 Å². The van der Waals surface area contributed by atoms with Crippen LogP contribution < -0.4 is 0 Å². The van der Waals surface area contributed by atoms with Crippen molar-refractivity contribution in [2.24, 2.45) is 0 Å². The van der Waals surface area contributed by atoms with Gasteiger partial charge in [0, 0.05) is 13.4 Å². The molecule has 0 aliphatic heterocycles. The van der Waals surface area contributed by atoms with E-state index >= 15 is 0 Å². The highest BCUT2D eigenvalue weighted by molar-refractivity contribution is 7.91. The number of rotatable bonds is 5. The molecule has 0 unspecified atom stereocenters. The second-order valence-corrected chi connectivity index (χ2v) is 7.07. The van der Waals surface area contributed by atoms with E-state index in [2.05, 4.69) is 9.72 Å². The lowest BCUT2D eigenvalue weighted by atomic mass is 10.2. The smallest absolute Gasteiger partial charge is 0.376 e. The molecule has 0 atom stereocenters. The van der Waals surface area contributed by atoms with Crippen molar-refractivity contribution in [2.45, 2.75) is 25.2 Å². The molecule has 0 bridgehead atoms. The third kappa shape index (κ3) is 2.95. The van der Waals surface area contributed by atoms with Gasteiger partial charge in [-0.2, -0.15) is 0 Å². The molecule has 1 rings (SSSR count). The van der Waals surface area contributed by atoms with Crippen LogP contribution in [0.1, 0.15) is 36.0 Å². The number of carbonyl (C=O) groups excluding carboxylic acids is 1. The van der Waals surface area contributed by atoms with Gasteiger partial charge in [-0.15, -0.1) is 0 Å². The third-order valence-electron chi connectivity index (χ3n) is 2.79. The molecule has 8 heteroatoms. The predicted molar refractivity (Wildman–Crippen MR) is 66.4 cm³/mol. The van der Waals surface area contributed by atoms with Crippen LogP contribution >= 0.6 is 0 Å². The fraction of sp³-hybridized carbons (Fsp3) is 0.636. The van der Waals surface area contributed by atoms with Gasteiger partial charge in [-0.1, -0.05) is 0 Å². The number of hydrogen-bond donors (Lipinski definition) is 0. The summed E-state index contributed by atoms with van der Waals surface area (Å²) in [5.41, 5.74) is 0.209. The lowest BCUT2D eigenvalue weighted by molar-refractivity contribution is 0.0555. The zero-order valence-corrected chi connectivity index (χ0v) is 12.3. The first kappa shape index (κ1) is 15.6. The van der Waals surface area contributed by atoms with Crippen molar-refractivity contribution in [2.75, 3.05) is 20.5 Å². The Balaban J connectivity index is 3.37. The minimum atomic E-state index is -3.46. The Morgan fingerprint density at radius 3 is 2.37 bits per heavy atom. The molecule has 1 heterocycles. The van der Waals surface area contributed by atoms with Gasteiger partial charge in [-0.25, -0.2) is 18.2 Å². The van der Waals surface area contributed by atoms with Gasteiger partial charge in [0.15, 0.2) is 9.84 Å². The first-order valence-corrected chi connectivity index (χ1v) is 7.31. The van der Waals surface area contributed by atoms with Crippen LogP contribution in [0.5, 0.6) is 0 Å². The maximum Gasteiger partial charge on any atom is 0.376 e. The van der Waals surface area contributed by atoms with Crippen LogP contribution in [0, 0.1) is 0 Å². The molecule has 0 N–H and O–H groups in total. The predicted octanol–water partition coefficient (Wildman–Crippen LogP) is 0.887. The van der Waals surface area contributed by atoms with E-state index in [0.717, 1.165) is 6.26 Å². The summed E-state index contributed by atoms with van der Waals surface area (Å²) >= 11 is 0. The normalized spacial score (nSPS) is 12.5. The molecule has 1 aromatic rings. The van der Waals surface area contributed by atoms with Crippen LogP contribution in [0.2, 0.25) is 0 Å². The highest BCUT2D eigenvalue weighted by atomic mass is 32.2. The second-order valence-electron chi connectivity index (χ2n) is 4.50. The molecule has 0 aromatic carbocycles. The number of methoxy groups -OCH3 is 2. The number of ether oxygens (including phenoxy) is 2. The molecule has 19 heavy (non-hydrogen) atoms. The van der Waals surface area contributed by atoms with Crippen molar-refractivity contribution in [3.05, 3.63) is 17.3 Å². The SMILES string of the molecule is COCc1nc(C(C)(C)S(C)(=O)=O)oc1C(=O)OC. The van der Waals surface area contributed by atoms with Gasteiger partial charge in [0.2, 0.25) is 11.7 Å². The number of sulfone groups is 1. The maximum atomic E-state index is 11.7. The lowest BCUT2D eigenvalue weighted by Gasteiger charge is -2.17. The third-order valence-corrected chi connectivity index (χ3v) is 4.82. The van der Waals surface area contributed by atoms with Gasteiger partial charge in [-0.3, -0.25) is 0 Å². The Kier molecular flexibility index (Phi) is 4.36. The van der Waals surface area contributed by atoms with Gasteiger partial charge < -0.3 is 13.9 Å². The van der Waals surface area contributed by atoms with Crippen LogP contribution in [-0.2, 0) is 30.7 Å². The molecule has 7 nitrogen and oxygen atoms in total. The van der Waals surface area contributed by atoms with E-state index < -0.39 is 20.6 Å². The highest BCUT2D eigenvalue weighted by Crippen LogP contribution is 2.30. The van der Waals surface area contributed by atoms with Crippen LogP contribution in [-0.4, -0.2) is 39.8 Å². The first-order chi connectivity index (χ1) is 8.65. The molecule has 0 saturated carbocycles. The van der Waals surface area contributed by atoms with Gasteiger partial charge in [0.25, 0.3) is 0 Å². The minimum absolute atomic E-state index is 0.0216. The molecule has 0 aliphatic rings. The summed E-state index contributed by atoms with van der Waals surface area (Å²) in [5, 5.41) is 0. The molecule has 0 fully saturated rings. The van der Waals surface area contributed by atoms with E-state index in [9.17, 15) is 13.2 Å². The lowest BCUT2D eigenvalue weighted by Crippen LogP contribution is -2.28. The largest absolute Gasteiger partial charge is 0.463 e. The Labute approximate surface area is 111 Å². The standard InChI is InChI=1S/C11H17NO6S/c1-11(2,19(5,14)15)10-12-7(6-16-3)8(18-10)9(13)17-4/h6H2,1-5H3. The molecule has 0 aliphatic carbocycles. The Bertz CT molecular complexity index is 572. The summed E-state index contributed by atoms with van der Waals surface area (Å²) in [4.78, 5) is 15.6. The maximum absolute atomic E-state index is 11.7. The average Bonchev–Trinajstić information content (AvgIpc) is 2.71. The van der Waals surface area contributed by atoms with Crippen LogP contribution in [0.25, 0.3) is 0 Å². The van der Waals surface area contributed by atoms with Crippen molar-refractivity contribution >= 4 is 15.8 Å². The molecular weight excluding hydrogens is 274 g/mol. The summed E-state index contributed by atoms with van der Waals surface area (Å²) < 4.78 is 36.8. The van der Waals surface area contributed by atoms with E-state index in [4.69, 9.17) is 9.15 Å². The summed E-state index contributed by atoms with van der Waals surface area (Å²) in [7, 11) is -0.830. The Hall–Kier alpha value is -1.41. The van der Waals surface area contributed by atoms with E-state index in [1.165, 1.54) is 28.1 Å². The topological polar surface area (TPSA) is 95.7 Å². The molecule has 108 valence electrons. The van der Waals surface area contributed by atoms with Crippen molar-refractivity contribution in [3.63, 3.8) is 0 Å². The van der Waals surface area contributed by atoms with Crippen LogP contribution in [0.4, 0.5) is 0 Å². The van der Waals surface area contributed by atoms with Gasteiger partial charge in [0.05, 0.1) is 13.7 Å². The average molecular weight is 291 g/mol. The first-order valence-electron chi connectivity index (χ1n) is 5.42. The summed E-state index contributed by atoms with van der Waals surface area (Å²) in [6.07, 6.45) is 1.07. The molecular formula is C11H17NO6S. The second kappa shape index (κ2) is 5.30. The minimum Gasteiger partial charge on any atom is -0.463 e. The van der Waals surface area contributed by atoms with Crippen LogP contribution in [0.15, 0.2) is 4.42 Å². The quantitative estimate of drug-likeness (QED) is 0.743. The van der Waals surface area contributed by atoms with Crippen molar-refractivity contribution < 1.29 is 27.1 Å².